The highest BCUT2D eigenvalue weighted by Gasteiger charge is 2.43. The van der Waals surface area contributed by atoms with E-state index in [0.717, 1.165) is 56.6 Å². The zero-order valence-corrected chi connectivity index (χ0v) is 24.8. The maximum Gasteiger partial charge on any atom is 0.318 e. The topological polar surface area (TPSA) is 85.6 Å². The molecule has 0 saturated carbocycles. The summed E-state index contributed by atoms with van der Waals surface area (Å²) in [5.74, 6) is 0.795. The zero-order valence-electron chi connectivity index (χ0n) is 23.2. The fourth-order valence-corrected chi connectivity index (χ4v) is 7.81. The number of amides is 1. The summed E-state index contributed by atoms with van der Waals surface area (Å²) in [4.78, 5) is 28.9. The first-order valence-electron chi connectivity index (χ1n) is 14.4. The Morgan fingerprint density at radius 2 is 2.10 bits per heavy atom. The Kier molecular flexibility index (Phi) is 7.58. The highest BCUT2D eigenvalue weighted by atomic mass is 79.9. The van der Waals surface area contributed by atoms with Gasteiger partial charge in [0.15, 0.2) is 0 Å². The third-order valence-corrected chi connectivity index (χ3v) is 10.2. The molecule has 9 heteroatoms. The standard InChI is InChI=1S/C31H37BrN6O2/c1-3-28(39)38-15-14-37(19-22(38)10-12-33)29-24-9-11-31(16-21-6-4-8-26(32)25(21)17-31)18-27(24)34-30(35-29)40-20-23-7-5-13-36(23)2/h3-4,6,8,22-23H,1,5,7,9-11,13-20H2,2H3/t22-,23-,31?/m0/s1. The van der Waals surface area contributed by atoms with E-state index < -0.39 is 0 Å². The second-order valence-corrected chi connectivity index (χ2v) is 12.8. The van der Waals surface area contributed by atoms with Gasteiger partial charge in [-0.1, -0.05) is 34.6 Å². The number of anilines is 1. The molecule has 3 atom stereocenters. The molecule has 2 aliphatic heterocycles. The highest BCUT2D eigenvalue weighted by molar-refractivity contribution is 9.10. The number of hydrogen-bond donors (Lipinski definition) is 0. The van der Waals surface area contributed by atoms with Crippen molar-refractivity contribution >= 4 is 27.7 Å². The number of nitriles is 1. The number of hydrogen-bond acceptors (Lipinski definition) is 7. The number of rotatable bonds is 6. The van der Waals surface area contributed by atoms with Gasteiger partial charge in [-0.05, 0) is 87.2 Å². The SMILES string of the molecule is C=CC(=O)N1CCN(c2nc(OC[C@@H]3CCCN3C)nc3c2CCC2(Cc4cccc(Br)c4C2)C3)C[C@@H]1CC#N. The third-order valence-electron chi connectivity index (χ3n) is 9.47. The summed E-state index contributed by atoms with van der Waals surface area (Å²) in [6, 6.07) is 9.45. The minimum atomic E-state index is -0.206. The van der Waals surface area contributed by atoms with E-state index in [1.807, 2.05) is 0 Å². The molecule has 0 N–H and O–H groups in total. The molecule has 4 aliphatic rings. The molecule has 1 unspecified atom stereocenters. The lowest BCUT2D eigenvalue weighted by atomic mass is 9.71. The van der Waals surface area contributed by atoms with Crippen molar-refractivity contribution < 1.29 is 9.53 Å². The first-order valence-corrected chi connectivity index (χ1v) is 15.2. The quantitative estimate of drug-likeness (QED) is 0.459. The van der Waals surface area contributed by atoms with Gasteiger partial charge >= 0.3 is 6.01 Å². The highest BCUT2D eigenvalue weighted by Crippen LogP contribution is 2.49. The number of fused-ring (bicyclic) bond motifs is 2. The average Bonchev–Trinajstić information content (AvgIpc) is 3.54. The van der Waals surface area contributed by atoms with Crippen LogP contribution in [0.4, 0.5) is 5.82 Å². The molecule has 2 saturated heterocycles. The van der Waals surface area contributed by atoms with E-state index in [1.54, 1.807) is 4.90 Å². The maximum absolute atomic E-state index is 12.5. The molecule has 8 nitrogen and oxygen atoms in total. The lowest BCUT2D eigenvalue weighted by molar-refractivity contribution is -0.128. The largest absolute Gasteiger partial charge is 0.462 e. The number of piperazine rings is 1. The molecular formula is C31H37BrN6O2. The van der Waals surface area contributed by atoms with Gasteiger partial charge in [0.1, 0.15) is 12.4 Å². The lowest BCUT2D eigenvalue weighted by Gasteiger charge is -2.42. The number of likely N-dealkylation sites (N-methyl/N-ethyl adjacent to an activating group) is 1. The number of halogens is 1. The van der Waals surface area contributed by atoms with Crippen LogP contribution in [0.5, 0.6) is 6.01 Å². The predicted molar refractivity (Wildman–Crippen MR) is 157 cm³/mol. The number of nitrogens with zero attached hydrogens (tertiary/aromatic N) is 6. The molecule has 0 bridgehead atoms. The van der Waals surface area contributed by atoms with Gasteiger partial charge in [0.25, 0.3) is 0 Å². The summed E-state index contributed by atoms with van der Waals surface area (Å²) in [5.41, 5.74) is 5.33. The molecule has 2 fully saturated rings. The number of likely N-dealkylation sites (tertiary alicyclic amines) is 1. The molecule has 210 valence electrons. The van der Waals surface area contributed by atoms with Crippen molar-refractivity contribution in [1.82, 2.24) is 19.8 Å². The Labute approximate surface area is 245 Å². The van der Waals surface area contributed by atoms with Crippen molar-refractivity contribution in [2.24, 2.45) is 5.41 Å². The Hall–Kier alpha value is -2.96. The first-order chi connectivity index (χ1) is 19.4. The van der Waals surface area contributed by atoms with Gasteiger partial charge in [-0.25, -0.2) is 0 Å². The molecule has 1 aromatic heterocycles. The summed E-state index contributed by atoms with van der Waals surface area (Å²) < 4.78 is 7.52. The smallest absolute Gasteiger partial charge is 0.318 e. The summed E-state index contributed by atoms with van der Waals surface area (Å²) >= 11 is 3.79. The minimum absolute atomic E-state index is 0.122. The van der Waals surface area contributed by atoms with E-state index in [-0.39, 0.29) is 23.8 Å². The molecule has 40 heavy (non-hydrogen) atoms. The normalized spacial score (nSPS) is 25.9. The number of aromatic nitrogens is 2. The summed E-state index contributed by atoms with van der Waals surface area (Å²) in [6.07, 6.45) is 8.95. The van der Waals surface area contributed by atoms with Gasteiger partial charge in [-0.15, -0.1) is 0 Å². The third kappa shape index (κ3) is 5.12. The van der Waals surface area contributed by atoms with E-state index in [0.29, 0.717) is 38.3 Å². The van der Waals surface area contributed by atoms with Crippen molar-refractivity contribution in [1.29, 1.82) is 5.26 Å². The van der Waals surface area contributed by atoms with Gasteiger partial charge in [-0.2, -0.15) is 15.2 Å². The van der Waals surface area contributed by atoms with Crippen LogP contribution < -0.4 is 9.64 Å². The minimum Gasteiger partial charge on any atom is -0.462 e. The van der Waals surface area contributed by atoms with E-state index in [9.17, 15) is 10.1 Å². The fraction of sp³-hybridized carbons (Fsp3) is 0.548. The lowest BCUT2D eigenvalue weighted by Crippen LogP contribution is -2.55. The first kappa shape index (κ1) is 27.2. The van der Waals surface area contributed by atoms with E-state index in [2.05, 4.69) is 63.6 Å². The number of benzene rings is 1. The molecule has 1 amide bonds. The number of carbonyl (C=O) groups is 1. The van der Waals surface area contributed by atoms with Crippen molar-refractivity contribution in [3.8, 4) is 12.1 Å². The van der Waals surface area contributed by atoms with Crippen LogP contribution in [-0.4, -0.2) is 77.6 Å². The van der Waals surface area contributed by atoms with Crippen LogP contribution in [0.25, 0.3) is 0 Å². The molecule has 2 aliphatic carbocycles. The summed E-state index contributed by atoms with van der Waals surface area (Å²) in [7, 11) is 2.15. The van der Waals surface area contributed by atoms with Gasteiger partial charge in [0, 0.05) is 35.7 Å². The van der Waals surface area contributed by atoms with Crippen LogP contribution in [-0.2, 0) is 30.5 Å². The van der Waals surface area contributed by atoms with Crippen LogP contribution >= 0.6 is 15.9 Å². The summed E-state index contributed by atoms with van der Waals surface area (Å²) in [6.45, 7) is 7.08. The van der Waals surface area contributed by atoms with Crippen molar-refractivity contribution in [3.63, 3.8) is 0 Å². The van der Waals surface area contributed by atoms with E-state index >= 15 is 0 Å². The van der Waals surface area contributed by atoms with Crippen molar-refractivity contribution in [2.45, 2.75) is 63.5 Å². The molecule has 2 aromatic rings. The Bertz CT molecular complexity index is 1360. The van der Waals surface area contributed by atoms with Crippen molar-refractivity contribution in [2.75, 3.05) is 44.7 Å². The van der Waals surface area contributed by atoms with Gasteiger partial charge in [-0.3, -0.25) is 4.79 Å². The van der Waals surface area contributed by atoms with Crippen molar-refractivity contribution in [3.05, 3.63) is 57.7 Å². The molecule has 0 radical (unpaired) electrons. The molecule has 3 heterocycles. The molecule has 1 spiro atoms. The zero-order chi connectivity index (χ0) is 27.9. The average molecular weight is 606 g/mol. The Morgan fingerprint density at radius 1 is 1.23 bits per heavy atom. The molecular weight excluding hydrogens is 568 g/mol. The van der Waals surface area contributed by atoms with Gasteiger partial charge < -0.3 is 19.4 Å². The molecule has 1 aromatic carbocycles. The predicted octanol–water partition coefficient (Wildman–Crippen LogP) is 4.10. The van der Waals surface area contributed by atoms with E-state index in [4.69, 9.17) is 14.7 Å². The fourth-order valence-electron chi connectivity index (χ4n) is 7.26. The van der Waals surface area contributed by atoms with E-state index in [1.165, 1.54) is 33.7 Å². The monoisotopic (exact) mass is 604 g/mol. The molecule has 6 rings (SSSR count). The van der Waals surface area contributed by atoms with Crippen LogP contribution in [0.2, 0.25) is 0 Å². The van der Waals surface area contributed by atoms with Crippen LogP contribution in [0.1, 0.15) is 48.1 Å². The number of ether oxygens (including phenoxy) is 1. The van der Waals surface area contributed by atoms with Crippen LogP contribution in [0, 0.1) is 16.7 Å². The van der Waals surface area contributed by atoms with Gasteiger partial charge in [0.05, 0.1) is 24.2 Å². The second kappa shape index (κ2) is 11.1. The second-order valence-electron chi connectivity index (χ2n) is 11.9. The van der Waals surface area contributed by atoms with Crippen LogP contribution in [0.3, 0.4) is 0 Å². The number of carbonyl (C=O) groups excluding carboxylic acids is 1. The van der Waals surface area contributed by atoms with Gasteiger partial charge in [0.2, 0.25) is 5.91 Å². The maximum atomic E-state index is 12.5. The Balaban J connectivity index is 1.31. The Morgan fingerprint density at radius 3 is 2.85 bits per heavy atom. The van der Waals surface area contributed by atoms with Crippen LogP contribution in [0.15, 0.2) is 35.3 Å². The summed E-state index contributed by atoms with van der Waals surface area (Å²) in [5, 5.41) is 9.51.